The van der Waals surface area contributed by atoms with Crippen LogP contribution in [-0.2, 0) is 13.0 Å². The number of fused-ring (bicyclic) bond motifs is 1. The lowest BCUT2D eigenvalue weighted by Crippen LogP contribution is -2.32. The van der Waals surface area contributed by atoms with Gasteiger partial charge in [-0.3, -0.25) is 4.79 Å². The number of nitrogens with one attached hydrogen (secondary N) is 1. The van der Waals surface area contributed by atoms with Crippen molar-refractivity contribution in [2.24, 2.45) is 0 Å². The minimum Gasteiger partial charge on any atom is -0.496 e. The van der Waals surface area contributed by atoms with Gasteiger partial charge in [0.25, 0.3) is 5.91 Å². The van der Waals surface area contributed by atoms with Gasteiger partial charge in [0.1, 0.15) is 5.75 Å². The Morgan fingerprint density at radius 3 is 3.15 bits per heavy atom. The maximum Gasteiger partial charge on any atom is 0.258 e. The molecular formula is C19H21ClN4O2. The van der Waals surface area contributed by atoms with E-state index in [0.717, 1.165) is 49.4 Å². The fourth-order valence-electron chi connectivity index (χ4n) is 3.69. The lowest BCUT2D eigenvalue weighted by molar-refractivity contribution is 0.0726. The van der Waals surface area contributed by atoms with Gasteiger partial charge in [-0.15, -0.1) is 0 Å². The Morgan fingerprint density at radius 1 is 1.42 bits per heavy atom. The van der Waals surface area contributed by atoms with Crippen molar-refractivity contribution in [2.75, 3.05) is 20.2 Å². The lowest BCUT2D eigenvalue weighted by Gasteiger charge is -2.25. The van der Waals surface area contributed by atoms with Crippen LogP contribution < -0.4 is 10.1 Å². The number of ether oxygens (including phenoxy) is 1. The first-order valence-corrected chi connectivity index (χ1v) is 9.25. The SMILES string of the molecule is COc1ccc(Cl)cc1C(=O)N1CCC[C@@H]1c1ncc2c(n1)CCNC2. The zero-order chi connectivity index (χ0) is 18.1. The van der Waals surface area contributed by atoms with Crippen LogP contribution in [0.1, 0.15) is 46.3 Å². The van der Waals surface area contributed by atoms with E-state index in [0.29, 0.717) is 22.9 Å². The van der Waals surface area contributed by atoms with E-state index in [1.165, 1.54) is 0 Å². The Bertz CT molecular complexity index is 842. The van der Waals surface area contributed by atoms with Crippen LogP contribution in [0.5, 0.6) is 5.75 Å². The maximum absolute atomic E-state index is 13.2. The van der Waals surface area contributed by atoms with Gasteiger partial charge >= 0.3 is 0 Å². The van der Waals surface area contributed by atoms with E-state index < -0.39 is 0 Å². The van der Waals surface area contributed by atoms with E-state index in [1.807, 2.05) is 11.1 Å². The molecule has 1 amide bonds. The third-order valence-corrected chi connectivity index (χ3v) is 5.27. The number of amides is 1. The summed E-state index contributed by atoms with van der Waals surface area (Å²) in [4.78, 5) is 24.4. The van der Waals surface area contributed by atoms with Gasteiger partial charge in [-0.05, 0) is 31.0 Å². The normalized spacial score (nSPS) is 19.3. The van der Waals surface area contributed by atoms with Crippen LogP contribution in [0.2, 0.25) is 5.02 Å². The highest BCUT2D eigenvalue weighted by molar-refractivity contribution is 6.31. The van der Waals surface area contributed by atoms with Crippen LogP contribution in [0.4, 0.5) is 0 Å². The minimum absolute atomic E-state index is 0.0881. The molecule has 1 atom stereocenters. The van der Waals surface area contributed by atoms with Gasteiger partial charge in [-0.1, -0.05) is 11.6 Å². The highest BCUT2D eigenvalue weighted by Gasteiger charge is 2.34. The second kappa shape index (κ2) is 7.21. The number of carbonyl (C=O) groups is 1. The number of methoxy groups -OCH3 is 1. The van der Waals surface area contributed by atoms with E-state index >= 15 is 0 Å². The highest BCUT2D eigenvalue weighted by atomic mass is 35.5. The predicted octanol–water partition coefficient (Wildman–Crippen LogP) is 2.76. The quantitative estimate of drug-likeness (QED) is 0.897. The summed E-state index contributed by atoms with van der Waals surface area (Å²) >= 11 is 6.10. The lowest BCUT2D eigenvalue weighted by atomic mass is 10.1. The molecule has 1 fully saturated rings. The van der Waals surface area contributed by atoms with Crippen LogP contribution in [-0.4, -0.2) is 41.0 Å². The number of aromatic nitrogens is 2. The first-order chi connectivity index (χ1) is 12.7. The second-order valence-electron chi connectivity index (χ2n) is 6.63. The summed E-state index contributed by atoms with van der Waals surface area (Å²) < 4.78 is 5.35. The molecule has 2 aromatic rings. The van der Waals surface area contributed by atoms with Crippen LogP contribution in [0, 0.1) is 0 Å². The molecule has 0 spiro atoms. The smallest absolute Gasteiger partial charge is 0.258 e. The number of benzene rings is 1. The van der Waals surface area contributed by atoms with Gasteiger partial charge in [-0.2, -0.15) is 0 Å². The van der Waals surface area contributed by atoms with Crippen LogP contribution in [0.25, 0.3) is 0 Å². The standard InChI is InChI=1S/C19H21ClN4O2/c1-26-17-5-4-13(20)9-14(17)19(25)24-8-2-3-16(24)18-22-11-12-10-21-7-6-15(12)23-18/h4-5,9,11,16,21H,2-3,6-8,10H2,1H3/t16-/m1/s1. The van der Waals surface area contributed by atoms with Gasteiger partial charge < -0.3 is 15.0 Å². The Balaban J connectivity index is 1.65. The van der Waals surface area contributed by atoms with E-state index in [2.05, 4.69) is 10.3 Å². The topological polar surface area (TPSA) is 67.3 Å². The zero-order valence-corrected chi connectivity index (χ0v) is 15.4. The van der Waals surface area contributed by atoms with Crippen molar-refractivity contribution in [2.45, 2.75) is 31.8 Å². The first kappa shape index (κ1) is 17.2. The summed E-state index contributed by atoms with van der Waals surface area (Å²) in [5.74, 6) is 1.18. The number of halogens is 1. The van der Waals surface area contributed by atoms with Crippen molar-refractivity contribution in [1.82, 2.24) is 20.2 Å². The maximum atomic E-state index is 13.2. The van der Waals surface area contributed by atoms with Crippen molar-refractivity contribution >= 4 is 17.5 Å². The number of nitrogens with zero attached hydrogens (tertiary/aromatic N) is 3. The second-order valence-corrected chi connectivity index (χ2v) is 7.06. The fraction of sp³-hybridized carbons (Fsp3) is 0.421. The molecule has 4 rings (SSSR count). The van der Waals surface area contributed by atoms with Gasteiger partial charge in [0.2, 0.25) is 0 Å². The molecule has 0 saturated carbocycles. The summed E-state index contributed by atoms with van der Waals surface area (Å²) in [6.45, 7) is 2.42. The third-order valence-electron chi connectivity index (χ3n) is 5.03. The highest BCUT2D eigenvalue weighted by Crippen LogP contribution is 2.34. The Hall–Kier alpha value is -2.18. The number of carbonyl (C=O) groups excluding carboxylic acids is 1. The largest absolute Gasteiger partial charge is 0.496 e. The van der Waals surface area contributed by atoms with Gasteiger partial charge in [-0.25, -0.2) is 9.97 Å². The molecule has 0 radical (unpaired) electrons. The van der Waals surface area contributed by atoms with Crippen LogP contribution in [0.15, 0.2) is 24.4 Å². The minimum atomic E-state index is -0.105. The Kier molecular flexibility index (Phi) is 4.78. The number of rotatable bonds is 3. The molecule has 3 heterocycles. The average Bonchev–Trinajstić information content (AvgIpc) is 3.16. The monoisotopic (exact) mass is 372 g/mol. The Morgan fingerprint density at radius 2 is 2.31 bits per heavy atom. The van der Waals surface area contributed by atoms with Crippen molar-refractivity contribution < 1.29 is 9.53 Å². The number of hydrogen-bond acceptors (Lipinski definition) is 5. The number of hydrogen-bond donors (Lipinski definition) is 1. The van der Waals surface area contributed by atoms with Crippen LogP contribution >= 0.6 is 11.6 Å². The van der Waals surface area contributed by atoms with E-state index in [-0.39, 0.29) is 11.9 Å². The molecule has 0 unspecified atom stereocenters. The molecule has 1 N–H and O–H groups in total. The van der Waals surface area contributed by atoms with E-state index in [9.17, 15) is 4.79 Å². The summed E-state index contributed by atoms with van der Waals surface area (Å²) in [6.07, 6.45) is 4.59. The van der Waals surface area contributed by atoms with Gasteiger partial charge in [0, 0.05) is 48.5 Å². The van der Waals surface area contributed by atoms with Gasteiger partial charge in [0.15, 0.2) is 5.82 Å². The van der Waals surface area contributed by atoms with E-state index in [1.54, 1.807) is 25.3 Å². The first-order valence-electron chi connectivity index (χ1n) is 8.87. The molecule has 6 nitrogen and oxygen atoms in total. The molecule has 2 aliphatic rings. The molecule has 26 heavy (non-hydrogen) atoms. The van der Waals surface area contributed by atoms with Crippen molar-refractivity contribution in [3.63, 3.8) is 0 Å². The van der Waals surface area contributed by atoms with Gasteiger partial charge in [0.05, 0.1) is 18.7 Å². The van der Waals surface area contributed by atoms with Crippen molar-refractivity contribution in [3.05, 3.63) is 52.1 Å². The molecule has 2 aliphatic heterocycles. The Labute approximate surface area is 157 Å². The number of likely N-dealkylation sites (tertiary alicyclic amines) is 1. The van der Waals surface area contributed by atoms with Crippen molar-refractivity contribution in [1.29, 1.82) is 0 Å². The van der Waals surface area contributed by atoms with Crippen LogP contribution in [0.3, 0.4) is 0 Å². The average molecular weight is 373 g/mol. The fourth-order valence-corrected chi connectivity index (χ4v) is 3.86. The summed E-state index contributed by atoms with van der Waals surface area (Å²) in [5.41, 5.74) is 2.72. The summed E-state index contributed by atoms with van der Waals surface area (Å²) in [7, 11) is 1.56. The predicted molar refractivity (Wildman–Crippen MR) is 98.5 cm³/mol. The molecule has 0 aliphatic carbocycles. The van der Waals surface area contributed by atoms with Crippen molar-refractivity contribution in [3.8, 4) is 5.75 Å². The zero-order valence-electron chi connectivity index (χ0n) is 14.7. The summed E-state index contributed by atoms with van der Waals surface area (Å²) in [5, 5.41) is 3.84. The molecular weight excluding hydrogens is 352 g/mol. The third kappa shape index (κ3) is 3.15. The van der Waals surface area contributed by atoms with E-state index in [4.69, 9.17) is 21.3 Å². The molecule has 1 saturated heterocycles. The molecule has 7 heteroatoms. The molecule has 0 bridgehead atoms. The molecule has 1 aromatic heterocycles. The summed E-state index contributed by atoms with van der Waals surface area (Å²) in [6, 6.07) is 5.01. The molecule has 1 aromatic carbocycles. The molecule has 136 valence electrons.